The summed E-state index contributed by atoms with van der Waals surface area (Å²) in [6.45, 7) is 4.18. The van der Waals surface area contributed by atoms with Crippen molar-refractivity contribution in [2.75, 3.05) is 39.8 Å². The molecule has 0 bridgehead atoms. The Morgan fingerprint density at radius 2 is 1.81 bits per heavy atom. The lowest BCUT2D eigenvalue weighted by atomic mass is 10.2. The molecule has 1 saturated heterocycles. The third kappa shape index (κ3) is 5.33. The van der Waals surface area contributed by atoms with Gasteiger partial charge in [0.2, 0.25) is 5.91 Å². The van der Waals surface area contributed by atoms with E-state index in [0.29, 0.717) is 23.7 Å². The van der Waals surface area contributed by atoms with Gasteiger partial charge in [-0.15, -0.1) is 0 Å². The molecule has 0 spiro atoms. The molecule has 2 aromatic carbocycles. The second-order valence-corrected chi connectivity index (χ2v) is 8.05. The molecule has 4 rings (SSSR count). The maximum atomic E-state index is 13.0. The molecular weight excluding hydrogens is 422 g/mol. The van der Waals surface area contributed by atoms with Crippen LogP contribution in [0.5, 0.6) is 5.75 Å². The molecule has 1 fully saturated rings. The fraction of sp³-hybridized carbons (Fsp3) is 0.292. The number of aromatic nitrogens is 3. The van der Waals surface area contributed by atoms with Crippen molar-refractivity contribution in [1.82, 2.24) is 24.6 Å². The van der Waals surface area contributed by atoms with Gasteiger partial charge in [-0.3, -0.25) is 19.4 Å². The summed E-state index contributed by atoms with van der Waals surface area (Å²) in [4.78, 5) is 17.2. The largest absolute Gasteiger partial charge is 0.497 e. The summed E-state index contributed by atoms with van der Waals surface area (Å²) in [5, 5.41) is 7.14. The molecule has 2 heterocycles. The molecular formula is C24H27N5O2S. The van der Waals surface area contributed by atoms with Crippen molar-refractivity contribution in [3.05, 3.63) is 71.0 Å². The highest BCUT2D eigenvalue weighted by Gasteiger charge is 2.22. The highest BCUT2D eigenvalue weighted by molar-refractivity contribution is 7.71. The SMILES string of the molecule is COc1ccc(-c2n[nH]c(=S)n2CC(=O)N2CCN(C/C=C/c3ccccc3)CC2)cc1. The van der Waals surface area contributed by atoms with E-state index in [-0.39, 0.29) is 12.5 Å². The van der Waals surface area contributed by atoms with E-state index in [1.54, 1.807) is 11.7 Å². The average molecular weight is 450 g/mol. The van der Waals surface area contributed by atoms with Gasteiger partial charge in [0.05, 0.1) is 7.11 Å². The monoisotopic (exact) mass is 449 g/mol. The summed E-state index contributed by atoms with van der Waals surface area (Å²) in [6.07, 6.45) is 4.32. The van der Waals surface area contributed by atoms with E-state index in [2.05, 4.69) is 39.4 Å². The molecule has 1 aliphatic heterocycles. The molecule has 1 amide bonds. The minimum atomic E-state index is 0.0525. The summed E-state index contributed by atoms with van der Waals surface area (Å²) in [5.41, 5.74) is 2.08. The summed E-state index contributed by atoms with van der Waals surface area (Å²) in [7, 11) is 1.63. The second-order valence-electron chi connectivity index (χ2n) is 7.66. The first-order chi connectivity index (χ1) is 15.6. The first-order valence-corrected chi connectivity index (χ1v) is 11.1. The Kier molecular flexibility index (Phi) is 7.14. The van der Waals surface area contributed by atoms with E-state index in [1.807, 2.05) is 47.4 Å². The van der Waals surface area contributed by atoms with Crippen molar-refractivity contribution in [1.29, 1.82) is 0 Å². The van der Waals surface area contributed by atoms with Gasteiger partial charge in [-0.1, -0.05) is 42.5 Å². The Balaban J connectivity index is 1.33. The van der Waals surface area contributed by atoms with Gasteiger partial charge in [-0.05, 0) is 42.0 Å². The van der Waals surface area contributed by atoms with Crippen LogP contribution in [-0.4, -0.2) is 70.3 Å². The van der Waals surface area contributed by atoms with Crippen LogP contribution in [0.3, 0.4) is 0 Å². The lowest BCUT2D eigenvalue weighted by molar-refractivity contribution is -0.133. The summed E-state index contributed by atoms with van der Waals surface area (Å²) < 4.78 is 7.41. The Hall–Kier alpha value is -3.23. The minimum absolute atomic E-state index is 0.0525. The van der Waals surface area contributed by atoms with Crippen LogP contribution < -0.4 is 4.74 Å². The molecule has 166 valence electrons. The van der Waals surface area contributed by atoms with Crippen LogP contribution in [0.15, 0.2) is 60.7 Å². The first kappa shape index (κ1) is 22.0. The molecule has 0 atom stereocenters. The third-order valence-electron chi connectivity index (χ3n) is 5.60. The molecule has 1 N–H and O–H groups in total. The van der Waals surface area contributed by atoms with Gasteiger partial charge < -0.3 is 9.64 Å². The number of benzene rings is 2. The zero-order valence-corrected chi connectivity index (χ0v) is 18.9. The van der Waals surface area contributed by atoms with Gasteiger partial charge in [-0.2, -0.15) is 5.10 Å². The molecule has 0 radical (unpaired) electrons. The fourth-order valence-corrected chi connectivity index (χ4v) is 3.94. The van der Waals surface area contributed by atoms with Gasteiger partial charge >= 0.3 is 0 Å². The van der Waals surface area contributed by atoms with Crippen LogP contribution in [0.25, 0.3) is 17.5 Å². The van der Waals surface area contributed by atoms with Gasteiger partial charge in [0.25, 0.3) is 0 Å². The van der Waals surface area contributed by atoms with Crippen molar-refractivity contribution in [2.45, 2.75) is 6.54 Å². The normalized spacial score (nSPS) is 14.7. The fourth-order valence-electron chi connectivity index (χ4n) is 3.74. The number of hydrogen-bond donors (Lipinski definition) is 1. The number of amides is 1. The van der Waals surface area contributed by atoms with Crippen LogP contribution in [-0.2, 0) is 11.3 Å². The maximum Gasteiger partial charge on any atom is 0.242 e. The number of carbonyl (C=O) groups is 1. The predicted molar refractivity (Wildman–Crippen MR) is 128 cm³/mol. The quantitative estimate of drug-likeness (QED) is 0.560. The third-order valence-corrected chi connectivity index (χ3v) is 5.91. The van der Waals surface area contributed by atoms with Crippen molar-refractivity contribution in [3.8, 4) is 17.1 Å². The molecule has 1 aromatic heterocycles. The average Bonchev–Trinajstić information content (AvgIpc) is 3.20. The summed E-state index contributed by atoms with van der Waals surface area (Å²) in [6, 6.07) is 17.8. The van der Waals surface area contributed by atoms with Crippen LogP contribution >= 0.6 is 12.2 Å². The highest BCUT2D eigenvalue weighted by Crippen LogP contribution is 2.21. The number of carbonyl (C=O) groups excluding carboxylic acids is 1. The highest BCUT2D eigenvalue weighted by atomic mass is 32.1. The Morgan fingerprint density at radius 1 is 1.09 bits per heavy atom. The van der Waals surface area contributed by atoms with Crippen molar-refractivity contribution >= 4 is 24.2 Å². The smallest absolute Gasteiger partial charge is 0.242 e. The van der Waals surface area contributed by atoms with E-state index >= 15 is 0 Å². The van der Waals surface area contributed by atoms with Crippen LogP contribution in [0, 0.1) is 4.77 Å². The van der Waals surface area contributed by atoms with E-state index in [1.165, 1.54) is 5.56 Å². The summed E-state index contributed by atoms with van der Waals surface area (Å²) in [5.74, 6) is 1.47. The number of nitrogens with zero attached hydrogens (tertiary/aromatic N) is 4. The maximum absolute atomic E-state index is 13.0. The lowest BCUT2D eigenvalue weighted by Crippen LogP contribution is -2.49. The van der Waals surface area contributed by atoms with Crippen molar-refractivity contribution in [2.24, 2.45) is 0 Å². The second kappa shape index (κ2) is 10.4. The minimum Gasteiger partial charge on any atom is -0.497 e. The van der Waals surface area contributed by atoms with Gasteiger partial charge in [0.15, 0.2) is 10.6 Å². The number of piperazine rings is 1. The molecule has 3 aromatic rings. The van der Waals surface area contributed by atoms with Gasteiger partial charge in [0, 0.05) is 38.3 Å². The van der Waals surface area contributed by atoms with E-state index in [0.717, 1.165) is 30.9 Å². The molecule has 0 saturated carbocycles. The molecule has 0 unspecified atom stereocenters. The predicted octanol–water partition coefficient (Wildman–Crippen LogP) is 3.47. The zero-order chi connectivity index (χ0) is 22.3. The molecule has 32 heavy (non-hydrogen) atoms. The Morgan fingerprint density at radius 3 is 2.50 bits per heavy atom. The number of ether oxygens (including phenoxy) is 1. The van der Waals surface area contributed by atoms with Gasteiger partial charge in [-0.25, -0.2) is 0 Å². The Bertz CT molecular complexity index is 1110. The number of nitrogens with one attached hydrogen (secondary N) is 1. The molecule has 1 aliphatic rings. The molecule has 8 heteroatoms. The first-order valence-electron chi connectivity index (χ1n) is 10.7. The molecule has 0 aliphatic carbocycles. The number of methoxy groups -OCH3 is 1. The topological polar surface area (TPSA) is 66.4 Å². The number of H-pyrrole nitrogens is 1. The lowest BCUT2D eigenvalue weighted by Gasteiger charge is -2.34. The van der Waals surface area contributed by atoms with E-state index in [9.17, 15) is 4.79 Å². The zero-order valence-electron chi connectivity index (χ0n) is 18.1. The van der Waals surface area contributed by atoms with E-state index in [4.69, 9.17) is 17.0 Å². The van der Waals surface area contributed by atoms with Gasteiger partial charge in [0.1, 0.15) is 12.3 Å². The van der Waals surface area contributed by atoms with Crippen LogP contribution in [0.4, 0.5) is 0 Å². The Labute approximate surface area is 192 Å². The van der Waals surface area contributed by atoms with Crippen LogP contribution in [0.1, 0.15) is 5.56 Å². The van der Waals surface area contributed by atoms with Crippen molar-refractivity contribution in [3.63, 3.8) is 0 Å². The number of hydrogen-bond acceptors (Lipinski definition) is 5. The van der Waals surface area contributed by atoms with E-state index < -0.39 is 0 Å². The van der Waals surface area contributed by atoms with Crippen molar-refractivity contribution < 1.29 is 9.53 Å². The summed E-state index contributed by atoms with van der Waals surface area (Å²) >= 11 is 5.38. The number of rotatable bonds is 7. The molecule has 7 nitrogen and oxygen atoms in total. The standard InChI is InChI=1S/C24H27N5O2S/c1-31-21-11-9-20(10-12-21)23-25-26-24(32)29(23)18-22(30)28-16-14-27(15-17-28)13-5-8-19-6-3-2-4-7-19/h2-12H,13-18H2,1H3,(H,26,32)/b8-5+. The number of aromatic amines is 1. The van der Waals surface area contributed by atoms with Crippen LogP contribution in [0.2, 0.25) is 0 Å².